The molecule has 1 saturated heterocycles. The van der Waals surface area contributed by atoms with Crippen LogP contribution in [0.25, 0.3) is 0 Å². The van der Waals surface area contributed by atoms with Gasteiger partial charge in [0.2, 0.25) is 11.8 Å². The van der Waals surface area contributed by atoms with Crippen molar-refractivity contribution in [3.05, 3.63) is 84.4 Å². The van der Waals surface area contributed by atoms with E-state index < -0.39 is 12.0 Å². The van der Waals surface area contributed by atoms with Crippen LogP contribution in [0.4, 0.5) is 11.4 Å². The molecule has 0 saturated carbocycles. The predicted molar refractivity (Wildman–Crippen MR) is 124 cm³/mol. The molecule has 0 aromatic heterocycles. The van der Waals surface area contributed by atoms with E-state index in [4.69, 9.17) is 9.47 Å². The summed E-state index contributed by atoms with van der Waals surface area (Å²) in [6.07, 6.45) is 0.138. The topological polar surface area (TPSA) is 59.1 Å². The van der Waals surface area contributed by atoms with Gasteiger partial charge in [0.05, 0.1) is 26.2 Å². The van der Waals surface area contributed by atoms with E-state index in [1.165, 1.54) is 0 Å². The standard InChI is InChI=1S/C26H26N2O4/c1-27(19-7-5-4-6-8-19)26(30)23-17-24(29)28(20-11-15-22(32-3)16-12-20)25(23)18-9-13-21(31-2)14-10-18/h4-16,23,25H,17H2,1-3H3/t23-,25-/m1/s1. The van der Waals surface area contributed by atoms with Crippen LogP contribution < -0.4 is 19.3 Å². The van der Waals surface area contributed by atoms with Crippen LogP contribution in [0.1, 0.15) is 18.0 Å². The van der Waals surface area contributed by atoms with E-state index in [0.29, 0.717) is 5.75 Å². The van der Waals surface area contributed by atoms with E-state index in [1.807, 2.05) is 78.9 Å². The number of nitrogens with zero attached hydrogens (tertiary/aromatic N) is 2. The quantitative estimate of drug-likeness (QED) is 0.579. The van der Waals surface area contributed by atoms with E-state index in [9.17, 15) is 9.59 Å². The smallest absolute Gasteiger partial charge is 0.232 e. The van der Waals surface area contributed by atoms with Gasteiger partial charge in [-0.25, -0.2) is 0 Å². The van der Waals surface area contributed by atoms with E-state index >= 15 is 0 Å². The van der Waals surface area contributed by atoms with Crippen LogP contribution in [0.3, 0.4) is 0 Å². The molecule has 6 nitrogen and oxygen atoms in total. The first-order valence-electron chi connectivity index (χ1n) is 10.5. The molecule has 0 spiro atoms. The zero-order chi connectivity index (χ0) is 22.7. The highest BCUT2D eigenvalue weighted by Crippen LogP contribution is 2.43. The molecule has 2 amide bonds. The largest absolute Gasteiger partial charge is 0.497 e. The van der Waals surface area contributed by atoms with Crippen molar-refractivity contribution >= 4 is 23.2 Å². The Labute approximate surface area is 188 Å². The van der Waals surface area contributed by atoms with Crippen LogP contribution in [0.15, 0.2) is 78.9 Å². The van der Waals surface area contributed by atoms with Crippen LogP contribution in [0.5, 0.6) is 11.5 Å². The molecule has 32 heavy (non-hydrogen) atoms. The van der Waals surface area contributed by atoms with Crippen molar-refractivity contribution in [3.63, 3.8) is 0 Å². The Morgan fingerprint density at radius 2 is 1.44 bits per heavy atom. The minimum atomic E-state index is -0.525. The van der Waals surface area contributed by atoms with Crippen LogP contribution in [0, 0.1) is 5.92 Å². The van der Waals surface area contributed by atoms with Crippen molar-refractivity contribution in [2.75, 3.05) is 31.1 Å². The minimum Gasteiger partial charge on any atom is -0.497 e. The second-order valence-corrected chi connectivity index (χ2v) is 7.72. The van der Waals surface area contributed by atoms with Gasteiger partial charge in [0.1, 0.15) is 11.5 Å². The number of rotatable bonds is 6. The molecule has 6 heteroatoms. The first-order valence-corrected chi connectivity index (χ1v) is 10.5. The molecule has 1 heterocycles. The van der Waals surface area contributed by atoms with Crippen LogP contribution in [-0.2, 0) is 9.59 Å². The number of anilines is 2. The number of hydrogen-bond donors (Lipinski definition) is 0. The molecular formula is C26H26N2O4. The van der Waals surface area contributed by atoms with Gasteiger partial charge in [0.15, 0.2) is 0 Å². The van der Waals surface area contributed by atoms with E-state index in [2.05, 4.69) is 0 Å². The first kappa shape index (κ1) is 21.4. The maximum Gasteiger partial charge on any atom is 0.232 e. The third-order valence-corrected chi connectivity index (χ3v) is 5.92. The molecular weight excluding hydrogens is 404 g/mol. The molecule has 2 atom stereocenters. The monoisotopic (exact) mass is 430 g/mol. The van der Waals surface area contributed by atoms with Crippen LogP contribution >= 0.6 is 0 Å². The second kappa shape index (κ2) is 9.14. The molecule has 3 aromatic carbocycles. The lowest BCUT2D eigenvalue weighted by molar-refractivity contribution is -0.124. The molecule has 0 bridgehead atoms. The summed E-state index contributed by atoms with van der Waals surface area (Å²) in [5, 5.41) is 0. The molecule has 0 aliphatic carbocycles. The highest BCUT2D eigenvalue weighted by Gasteiger charge is 2.46. The Morgan fingerprint density at radius 3 is 2.00 bits per heavy atom. The summed E-state index contributed by atoms with van der Waals surface area (Å²) in [7, 11) is 4.96. The Balaban J connectivity index is 1.74. The number of methoxy groups -OCH3 is 2. The molecule has 1 fully saturated rings. The van der Waals surface area contributed by atoms with Gasteiger partial charge in [-0.05, 0) is 54.1 Å². The number of carbonyl (C=O) groups is 2. The summed E-state index contributed by atoms with van der Waals surface area (Å²) in [4.78, 5) is 30.1. The van der Waals surface area contributed by atoms with Gasteiger partial charge in [-0.1, -0.05) is 30.3 Å². The summed E-state index contributed by atoms with van der Waals surface area (Å²) in [5.74, 6) is 0.719. The number of amides is 2. The van der Waals surface area contributed by atoms with Crippen molar-refractivity contribution in [3.8, 4) is 11.5 Å². The Kier molecular flexibility index (Phi) is 6.12. The summed E-state index contributed by atoms with van der Waals surface area (Å²) >= 11 is 0. The lowest BCUT2D eigenvalue weighted by atomic mass is 9.92. The van der Waals surface area contributed by atoms with Gasteiger partial charge < -0.3 is 19.3 Å². The Bertz CT molecular complexity index is 1080. The number of hydrogen-bond acceptors (Lipinski definition) is 4. The average Bonchev–Trinajstić information content (AvgIpc) is 3.20. The zero-order valence-corrected chi connectivity index (χ0v) is 18.4. The van der Waals surface area contributed by atoms with E-state index in [1.54, 1.807) is 31.1 Å². The first-order chi connectivity index (χ1) is 15.5. The van der Waals surface area contributed by atoms with Crippen molar-refractivity contribution in [1.82, 2.24) is 0 Å². The number of benzene rings is 3. The molecule has 3 aromatic rings. The van der Waals surface area contributed by atoms with Gasteiger partial charge in [-0.2, -0.15) is 0 Å². The third kappa shape index (κ3) is 4.04. The van der Waals surface area contributed by atoms with E-state index in [0.717, 1.165) is 22.7 Å². The number of ether oxygens (including phenoxy) is 2. The van der Waals surface area contributed by atoms with Crippen molar-refractivity contribution in [2.45, 2.75) is 12.5 Å². The van der Waals surface area contributed by atoms with Crippen molar-refractivity contribution < 1.29 is 19.1 Å². The summed E-state index contributed by atoms with van der Waals surface area (Å²) in [5.41, 5.74) is 2.41. The average molecular weight is 431 g/mol. The maximum absolute atomic E-state index is 13.6. The summed E-state index contributed by atoms with van der Waals surface area (Å²) < 4.78 is 10.5. The summed E-state index contributed by atoms with van der Waals surface area (Å²) in [6.45, 7) is 0. The fourth-order valence-electron chi connectivity index (χ4n) is 4.21. The molecule has 0 N–H and O–H groups in total. The number of carbonyl (C=O) groups excluding carboxylic acids is 2. The van der Waals surface area contributed by atoms with E-state index in [-0.39, 0.29) is 18.2 Å². The number of para-hydroxylation sites is 1. The predicted octanol–water partition coefficient (Wildman–Crippen LogP) is 4.46. The lowest BCUT2D eigenvalue weighted by Crippen LogP contribution is -2.37. The van der Waals surface area contributed by atoms with Gasteiger partial charge in [-0.15, -0.1) is 0 Å². The normalized spacial score (nSPS) is 17.8. The molecule has 0 radical (unpaired) electrons. The van der Waals surface area contributed by atoms with Crippen molar-refractivity contribution in [1.29, 1.82) is 0 Å². The molecule has 4 rings (SSSR count). The van der Waals surface area contributed by atoms with Gasteiger partial charge in [-0.3, -0.25) is 9.59 Å². The third-order valence-electron chi connectivity index (χ3n) is 5.92. The zero-order valence-electron chi connectivity index (χ0n) is 18.4. The highest BCUT2D eigenvalue weighted by molar-refractivity contribution is 6.05. The van der Waals surface area contributed by atoms with Gasteiger partial charge in [0.25, 0.3) is 0 Å². The van der Waals surface area contributed by atoms with Crippen molar-refractivity contribution in [2.24, 2.45) is 5.92 Å². The molecule has 164 valence electrons. The van der Waals surface area contributed by atoms with Gasteiger partial charge in [0, 0.05) is 24.8 Å². The molecule has 1 aliphatic heterocycles. The minimum absolute atomic E-state index is 0.0872. The fourth-order valence-corrected chi connectivity index (χ4v) is 4.21. The van der Waals surface area contributed by atoms with Crippen LogP contribution in [0.2, 0.25) is 0 Å². The lowest BCUT2D eigenvalue weighted by Gasteiger charge is -2.30. The second-order valence-electron chi connectivity index (χ2n) is 7.72. The SMILES string of the molecule is COc1ccc([C@@H]2[C@H](C(=O)N(C)c3ccccc3)CC(=O)N2c2ccc(OC)cc2)cc1. The summed E-state index contributed by atoms with van der Waals surface area (Å²) in [6, 6.07) is 23.9. The highest BCUT2D eigenvalue weighted by atomic mass is 16.5. The Morgan fingerprint density at radius 1 is 0.875 bits per heavy atom. The Hall–Kier alpha value is -3.80. The van der Waals surface area contributed by atoms with Crippen LogP contribution in [-0.4, -0.2) is 33.1 Å². The fraction of sp³-hybridized carbons (Fsp3) is 0.231. The maximum atomic E-state index is 13.6. The molecule has 1 aliphatic rings. The molecule has 0 unspecified atom stereocenters. The van der Waals surface area contributed by atoms with Gasteiger partial charge >= 0.3 is 0 Å².